The Morgan fingerprint density at radius 3 is 0.875 bits per heavy atom. The van der Waals surface area contributed by atoms with Gasteiger partial charge < -0.3 is 0 Å². The van der Waals surface area contributed by atoms with Gasteiger partial charge in [0.1, 0.15) is 0 Å². The fourth-order valence-corrected chi connectivity index (χ4v) is 0.802. The fraction of sp³-hybridized carbons (Fsp3) is 1.00. The van der Waals surface area contributed by atoms with Gasteiger partial charge in [-0.05, 0) is 24.7 Å². The van der Waals surface area contributed by atoms with Crippen molar-refractivity contribution in [2.24, 2.45) is 11.8 Å². The van der Waals surface area contributed by atoms with E-state index in [-0.39, 0.29) is 0 Å². The number of fused-ring (bicyclic) bond motifs is 1. The van der Waals surface area contributed by atoms with Gasteiger partial charge in [-0.2, -0.15) is 0 Å². The SMILES string of the molecule is C1C2CC12.C1CCC1. The zero-order valence-corrected chi connectivity index (χ0v) is 5.40. The molecule has 0 saturated heterocycles. The van der Waals surface area contributed by atoms with E-state index in [9.17, 15) is 0 Å². The van der Waals surface area contributed by atoms with Crippen molar-refractivity contribution in [3.8, 4) is 0 Å². The Labute approximate surface area is 51.3 Å². The molecule has 3 rings (SSSR count). The Hall–Kier alpha value is 0. The lowest BCUT2D eigenvalue weighted by atomic mass is 10.0. The fourth-order valence-electron chi connectivity index (χ4n) is 0.802. The molecule has 0 bridgehead atoms. The highest BCUT2D eigenvalue weighted by atomic mass is 14.6. The summed E-state index contributed by atoms with van der Waals surface area (Å²) in [7, 11) is 0. The Morgan fingerprint density at radius 2 is 0.875 bits per heavy atom. The average Bonchev–Trinajstić information content (AvgIpc) is 1.90. The van der Waals surface area contributed by atoms with Crippen LogP contribution >= 0.6 is 0 Å². The van der Waals surface area contributed by atoms with Gasteiger partial charge in [0.05, 0.1) is 0 Å². The van der Waals surface area contributed by atoms with Crippen LogP contribution in [0.3, 0.4) is 0 Å². The average molecular weight is 110 g/mol. The molecule has 0 atom stereocenters. The van der Waals surface area contributed by atoms with E-state index in [4.69, 9.17) is 0 Å². The van der Waals surface area contributed by atoms with E-state index in [2.05, 4.69) is 0 Å². The molecule has 46 valence electrons. The molecule has 0 aromatic rings. The third-order valence-electron chi connectivity index (χ3n) is 2.47. The molecular weight excluding hydrogens is 96.1 g/mol. The second-order valence-electron chi connectivity index (χ2n) is 3.41. The summed E-state index contributed by atoms with van der Waals surface area (Å²) in [5.74, 6) is 2.50. The summed E-state index contributed by atoms with van der Waals surface area (Å²) >= 11 is 0. The molecule has 0 N–H and O–H groups in total. The summed E-state index contributed by atoms with van der Waals surface area (Å²) in [6.45, 7) is 0. The van der Waals surface area contributed by atoms with Crippen LogP contribution in [0.5, 0.6) is 0 Å². The Bertz CT molecular complexity index is 66.0. The van der Waals surface area contributed by atoms with Crippen molar-refractivity contribution in [2.45, 2.75) is 38.5 Å². The second kappa shape index (κ2) is 1.75. The first kappa shape index (κ1) is 4.84. The van der Waals surface area contributed by atoms with Crippen molar-refractivity contribution in [2.75, 3.05) is 0 Å². The predicted molar refractivity (Wildman–Crippen MR) is 34.7 cm³/mol. The molecule has 3 fully saturated rings. The lowest BCUT2D eigenvalue weighted by Crippen LogP contribution is -1.85. The molecule has 3 aliphatic rings. The third-order valence-corrected chi connectivity index (χ3v) is 2.47. The molecule has 0 spiro atoms. The summed E-state index contributed by atoms with van der Waals surface area (Å²) in [6.07, 6.45) is 9.17. The lowest BCUT2D eigenvalue weighted by molar-refractivity contribution is 0.504. The lowest BCUT2D eigenvalue weighted by Gasteiger charge is -2.05. The normalized spacial score (nSPS) is 45.0. The zero-order chi connectivity index (χ0) is 5.40. The topological polar surface area (TPSA) is 0 Å². The number of hydrogen-bond acceptors (Lipinski definition) is 0. The van der Waals surface area contributed by atoms with Crippen LogP contribution < -0.4 is 0 Å². The van der Waals surface area contributed by atoms with Crippen molar-refractivity contribution in [1.29, 1.82) is 0 Å². The molecule has 0 aromatic heterocycles. The van der Waals surface area contributed by atoms with Gasteiger partial charge in [-0.1, -0.05) is 25.7 Å². The summed E-state index contributed by atoms with van der Waals surface area (Å²) in [6, 6.07) is 0. The standard InChI is InChI=1S/C4H6.C4H8/c1-3-2-4(1)3;1-2-4-3-1/h3-4H,1-2H2;1-4H2. The minimum absolute atomic E-state index is 1.25. The second-order valence-corrected chi connectivity index (χ2v) is 3.41. The van der Waals surface area contributed by atoms with Gasteiger partial charge in [0.2, 0.25) is 0 Å². The van der Waals surface area contributed by atoms with Gasteiger partial charge in [-0.15, -0.1) is 0 Å². The van der Waals surface area contributed by atoms with Crippen LogP contribution in [-0.2, 0) is 0 Å². The molecular formula is C8H14. The molecule has 0 heterocycles. The van der Waals surface area contributed by atoms with Gasteiger partial charge in [0.25, 0.3) is 0 Å². The third kappa shape index (κ3) is 1.04. The van der Waals surface area contributed by atoms with Gasteiger partial charge in [0.15, 0.2) is 0 Å². The molecule has 0 aromatic carbocycles. The smallest absolute Gasteiger partial charge is 0.0380 e. The molecule has 0 nitrogen and oxygen atoms in total. The Balaban J connectivity index is 0.0000000675. The van der Waals surface area contributed by atoms with Crippen LogP contribution in [0.4, 0.5) is 0 Å². The number of hydrogen-bond donors (Lipinski definition) is 0. The zero-order valence-electron chi connectivity index (χ0n) is 5.40. The van der Waals surface area contributed by atoms with E-state index in [0.29, 0.717) is 0 Å². The van der Waals surface area contributed by atoms with E-state index in [1.165, 1.54) is 37.5 Å². The molecule has 3 saturated carbocycles. The van der Waals surface area contributed by atoms with Crippen molar-refractivity contribution in [3.05, 3.63) is 0 Å². The minimum atomic E-state index is 1.25. The summed E-state index contributed by atoms with van der Waals surface area (Å²) in [5.41, 5.74) is 0. The minimum Gasteiger partial charge on any atom is -0.0533 e. The largest absolute Gasteiger partial charge is 0.0533 e. The van der Waals surface area contributed by atoms with Crippen LogP contribution in [0.2, 0.25) is 0 Å². The maximum atomic E-state index is 1.58. The van der Waals surface area contributed by atoms with Crippen LogP contribution in [0.1, 0.15) is 38.5 Å². The van der Waals surface area contributed by atoms with Gasteiger partial charge in [-0.25, -0.2) is 0 Å². The molecule has 3 aliphatic carbocycles. The van der Waals surface area contributed by atoms with Crippen molar-refractivity contribution in [1.82, 2.24) is 0 Å². The molecule has 0 unspecified atom stereocenters. The Morgan fingerprint density at radius 1 is 0.625 bits per heavy atom. The maximum absolute atomic E-state index is 1.58. The van der Waals surface area contributed by atoms with Gasteiger partial charge >= 0.3 is 0 Å². The van der Waals surface area contributed by atoms with E-state index in [1.807, 2.05) is 0 Å². The predicted octanol–water partition coefficient (Wildman–Crippen LogP) is 2.59. The van der Waals surface area contributed by atoms with Crippen LogP contribution in [0.15, 0.2) is 0 Å². The molecule has 8 heavy (non-hydrogen) atoms. The maximum Gasteiger partial charge on any atom is -0.0380 e. The van der Waals surface area contributed by atoms with Crippen LogP contribution in [0.25, 0.3) is 0 Å². The summed E-state index contributed by atoms with van der Waals surface area (Å²) < 4.78 is 0. The number of rotatable bonds is 0. The molecule has 0 aliphatic heterocycles. The Kier molecular flexibility index (Phi) is 1.06. The van der Waals surface area contributed by atoms with Crippen LogP contribution in [-0.4, -0.2) is 0 Å². The van der Waals surface area contributed by atoms with Crippen molar-refractivity contribution >= 4 is 0 Å². The van der Waals surface area contributed by atoms with E-state index >= 15 is 0 Å². The first-order chi connectivity index (χ1) is 3.97. The van der Waals surface area contributed by atoms with Crippen molar-refractivity contribution in [3.63, 3.8) is 0 Å². The molecule has 0 radical (unpaired) electrons. The van der Waals surface area contributed by atoms with Crippen LogP contribution in [0, 0.1) is 11.8 Å². The molecule has 0 amide bonds. The summed E-state index contributed by atoms with van der Waals surface area (Å²) in [4.78, 5) is 0. The first-order valence-electron chi connectivity index (χ1n) is 3.97. The monoisotopic (exact) mass is 110 g/mol. The van der Waals surface area contributed by atoms with Gasteiger partial charge in [-0.3, -0.25) is 0 Å². The highest BCUT2D eigenvalue weighted by Crippen LogP contribution is 2.62. The van der Waals surface area contributed by atoms with E-state index in [0.717, 1.165) is 0 Å². The summed E-state index contributed by atoms with van der Waals surface area (Å²) in [5, 5.41) is 0. The van der Waals surface area contributed by atoms with E-state index in [1.54, 1.807) is 12.8 Å². The molecule has 0 heteroatoms. The highest BCUT2D eigenvalue weighted by molar-refractivity contribution is 5.02. The quantitative estimate of drug-likeness (QED) is 0.449. The van der Waals surface area contributed by atoms with Crippen molar-refractivity contribution < 1.29 is 0 Å². The highest BCUT2D eigenvalue weighted by Gasteiger charge is 2.52. The first-order valence-corrected chi connectivity index (χ1v) is 3.97. The van der Waals surface area contributed by atoms with Gasteiger partial charge in [0, 0.05) is 0 Å². The van der Waals surface area contributed by atoms with E-state index < -0.39 is 0 Å².